The van der Waals surface area contributed by atoms with E-state index in [2.05, 4.69) is 201 Å². The number of rotatable bonds is 4. The molecule has 0 amide bonds. The minimum absolute atomic E-state index is 0.0155. The zero-order valence-electron chi connectivity index (χ0n) is 41.1. The van der Waals surface area contributed by atoms with Crippen molar-refractivity contribution in [2.75, 3.05) is 9.80 Å². The van der Waals surface area contributed by atoms with Crippen LogP contribution in [-0.2, 0) is 16.2 Å². The number of hydrogen-bond donors (Lipinski definition) is 0. The van der Waals surface area contributed by atoms with Crippen molar-refractivity contribution in [1.82, 2.24) is 0 Å². The van der Waals surface area contributed by atoms with Gasteiger partial charge >= 0.3 is 0 Å². The van der Waals surface area contributed by atoms with E-state index in [9.17, 15) is 0 Å². The van der Waals surface area contributed by atoms with Gasteiger partial charge in [-0.3, -0.25) is 0 Å². The van der Waals surface area contributed by atoms with E-state index < -0.39 is 0 Å². The highest BCUT2D eigenvalue weighted by molar-refractivity contribution is 7.26. The number of furan rings is 2. The molecule has 0 aliphatic carbocycles. The Morgan fingerprint density at radius 3 is 1.66 bits per heavy atom. The van der Waals surface area contributed by atoms with Gasteiger partial charge in [-0.05, 0) is 139 Å². The average Bonchev–Trinajstić information content (AvgIpc) is 4.04. The fourth-order valence-electron chi connectivity index (χ4n) is 11.0. The fraction of sp³-hybridized carbons (Fsp3) is 0.226. The van der Waals surface area contributed by atoms with Gasteiger partial charge in [-0.2, -0.15) is 0 Å². The third-order valence-electron chi connectivity index (χ3n) is 14.7. The summed E-state index contributed by atoms with van der Waals surface area (Å²) in [4.78, 5) is 5.24. The third-order valence-corrected chi connectivity index (χ3v) is 15.9. The Balaban J connectivity index is 1.21. The lowest BCUT2D eigenvalue weighted by Crippen LogP contribution is -2.61. The molecule has 336 valence electrons. The monoisotopic (exact) mass is 904 g/mol. The molecule has 0 unspecified atom stereocenters. The van der Waals surface area contributed by atoms with Gasteiger partial charge in [0.25, 0.3) is 6.71 Å². The third kappa shape index (κ3) is 6.54. The second-order valence-corrected chi connectivity index (χ2v) is 23.4. The van der Waals surface area contributed by atoms with Gasteiger partial charge in [-0.1, -0.05) is 147 Å². The van der Waals surface area contributed by atoms with Crippen LogP contribution in [0.25, 0.3) is 54.3 Å². The average molecular weight is 905 g/mol. The summed E-state index contributed by atoms with van der Waals surface area (Å²) in [7, 11) is 0. The molecule has 0 bridgehead atoms. The largest absolute Gasteiger partial charge is 0.464 e. The number of anilines is 6. The van der Waals surface area contributed by atoms with Gasteiger partial charge < -0.3 is 18.6 Å². The minimum atomic E-state index is -0.157. The first-order valence-electron chi connectivity index (χ1n) is 24.1. The van der Waals surface area contributed by atoms with Crippen molar-refractivity contribution >= 4 is 99.9 Å². The topological polar surface area (TPSA) is 32.8 Å². The van der Waals surface area contributed by atoms with Crippen molar-refractivity contribution in [2.24, 2.45) is 0 Å². The molecule has 5 heterocycles. The summed E-state index contributed by atoms with van der Waals surface area (Å²) in [6, 6.07) is 50.1. The Kier molecular flexibility index (Phi) is 9.31. The molecule has 0 atom stereocenters. The van der Waals surface area contributed by atoms with Gasteiger partial charge in [0.15, 0.2) is 0 Å². The van der Waals surface area contributed by atoms with Crippen LogP contribution >= 0.6 is 11.3 Å². The van der Waals surface area contributed by atoms with Gasteiger partial charge in [-0.25, -0.2) is 0 Å². The van der Waals surface area contributed by atoms with Gasteiger partial charge in [0.1, 0.15) is 11.2 Å². The summed E-state index contributed by atoms with van der Waals surface area (Å²) in [5.74, 6) is 0. The van der Waals surface area contributed by atoms with E-state index >= 15 is 0 Å². The molecule has 0 saturated carbocycles. The van der Waals surface area contributed by atoms with Crippen LogP contribution in [0.1, 0.15) is 90.1 Å². The lowest BCUT2D eigenvalue weighted by molar-refractivity contribution is 0.589. The molecular weight excluding hydrogens is 848 g/mol. The zero-order valence-corrected chi connectivity index (χ0v) is 41.9. The highest BCUT2D eigenvalue weighted by Crippen LogP contribution is 2.52. The minimum Gasteiger partial charge on any atom is -0.464 e. The maximum Gasteiger partial charge on any atom is 0.254 e. The quantitative estimate of drug-likeness (QED) is 0.165. The molecule has 10 aromatic rings. The molecule has 68 heavy (non-hydrogen) atoms. The summed E-state index contributed by atoms with van der Waals surface area (Å²) >= 11 is 1.94. The van der Waals surface area contributed by atoms with E-state index in [1.807, 2.05) is 42.1 Å². The first-order valence-corrected chi connectivity index (χ1v) is 24.9. The standard InChI is InChI=1S/C62H57BN2O2S/c1-36-27-41(61(6,7)8)28-37(2)58(36)65-52-33-42(62(9,10)11)32-51-57(52)63(56-46-31-40(60(3,4)5)24-26-55(46)68-59(56)65)49-25-23-39(48-35-67-54-22-15-13-20-45(48)54)30-50(49)64(51)43-18-16-17-38(29-43)47-34-66-53-21-14-12-19-44(47)53/h12-35H,1-11H3. The van der Waals surface area contributed by atoms with E-state index in [-0.39, 0.29) is 23.0 Å². The molecule has 0 saturated heterocycles. The summed E-state index contributed by atoms with van der Waals surface area (Å²) in [6.45, 7) is 25.6. The van der Waals surface area contributed by atoms with Crippen LogP contribution in [-0.4, -0.2) is 6.71 Å². The first kappa shape index (κ1) is 42.6. The Morgan fingerprint density at radius 2 is 1.04 bits per heavy atom. The normalized spacial score (nSPS) is 13.7. The molecule has 0 fully saturated rings. The molecule has 2 aliphatic heterocycles. The predicted molar refractivity (Wildman–Crippen MR) is 292 cm³/mol. The van der Waals surface area contributed by atoms with E-state index in [0.717, 1.165) is 49.9 Å². The lowest BCUT2D eigenvalue weighted by Gasteiger charge is -2.45. The van der Waals surface area contributed by atoms with Crippen molar-refractivity contribution in [3.63, 3.8) is 0 Å². The van der Waals surface area contributed by atoms with Gasteiger partial charge in [0, 0.05) is 49.3 Å². The molecule has 0 radical (unpaired) electrons. The van der Waals surface area contributed by atoms with E-state index in [4.69, 9.17) is 8.83 Å². The van der Waals surface area contributed by atoms with E-state index in [1.54, 1.807) is 0 Å². The lowest BCUT2D eigenvalue weighted by atomic mass is 9.33. The SMILES string of the molecule is Cc1cc(C(C)(C)C)cc(C)c1N1c2cc(C(C)(C)C)cc3c2B(c2ccc(-c4coc5ccccc45)cc2N3c2cccc(-c3coc4ccccc34)c2)c2c1sc1ccc(C(C)(C)C)cc21. The first-order chi connectivity index (χ1) is 32.4. The Morgan fingerprint density at radius 1 is 0.471 bits per heavy atom. The maximum absolute atomic E-state index is 6.22. The zero-order chi connectivity index (χ0) is 47.2. The highest BCUT2D eigenvalue weighted by atomic mass is 32.1. The number of para-hydroxylation sites is 2. The second-order valence-electron chi connectivity index (χ2n) is 22.4. The van der Waals surface area contributed by atoms with Gasteiger partial charge in [0.05, 0.1) is 23.2 Å². The molecule has 12 rings (SSSR count). The number of nitrogens with zero attached hydrogens (tertiary/aromatic N) is 2. The van der Waals surface area contributed by atoms with E-state index in [0.29, 0.717) is 0 Å². The van der Waals surface area contributed by atoms with Crippen LogP contribution in [0, 0.1) is 13.8 Å². The summed E-state index contributed by atoms with van der Waals surface area (Å²) in [5.41, 5.74) is 22.6. The van der Waals surface area contributed by atoms with E-state index in [1.165, 1.54) is 82.0 Å². The van der Waals surface area contributed by atoms with Crippen molar-refractivity contribution in [1.29, 1.82) is 0 Å². The summed E-state index contributed by atoms with van der Waals surface area (Å²) < 4.78 is 13.7. The van der Waals surface area contributed by atoms with Gasteiger partial charge in [-0.15, -0.1) is 11.3 Å². The fourth-order valence-corrected chi connectivity index (χ4v) is 12.3. The number of fused-ring (bicyclic) bond motifs is 8. The Bertz CT molecular complexity index is 3670. The van der Waals surface area contributed by atoms with Crippen molar-refractivity contribution < 1.29 is 8.83 Å². The van der Waals surface area contributed by atoms with Crippen LogP contribution in [0.2, 0.25) is 0 Å². The molecule has 0 N–H and O–H groups in total. The van der Waals surface area contributed by atoms with Crippen molar-refractivity contribution in [3.8, 4) is 22.3 Å². The molecule has 4 nitrogen and oxygen atoms in total. The number of thiophene rings is 1. The van der Waals surface area contributed by atoms with Crippen molar-refractivity contribution in [2.45, 2.75) is 92.4 Å². The smallest absolute Gasteiger partial charge is 0.254 e. The van der Waals surface area contributed by atoms with Gasteiger partial charge in [0.2, 0.25) is 0 Å². The Labute approximate surface area is 404 Å². The molecule has 2 aliphatic rings. The van der Waals surface area contributed by atoms with Crippen LogP contribution in [0.5, 0.6) is 0 Å². The molecular formula is C62H57BN2O2S. The summed E-state index contributed by atoms with van der Waals surface area (Å²) in [6.07, 6.45) is 3.84. The maximum atomic E-state index is 6.22. The molecule has 3 aromatic heterocycles. The molecule has 7 aromatic carbocycles. The Hall–Kier alpha value is -6.76. The predicted octanol–water partition coefficient (Wildman–Crippen LogP) is 16.3. The van der Waals surface area contributed by atoms with Crippen molar-refractivity contribution in [3.05, 3.63) is 174 Å². The summed E-state index contributed by atoms with van der Waals surface area (Å²) in [5, 5.41) is 4.85. The van der Waals surface area contributed by atoms with Crippen LogP contribution < -0.4 is 26.2 Å². The van der Waals surface area contributed by atoms with Crippen LogP contribution in [0.15, 0.2) is 155 Å². The van der Waals surface area contributed by atoms with Crippen LogP contribution in [0.3, 0.4) is 0 Å². The second kappa shape index (κ2) is 14.9. The number of hydrogen-bond acceptors (Lipinski definition) is 5. The van der Waals surface area contributed by atoms with Crippen LogP contribution in [0.4, 0.5) is 33.4 Å². The molecule has 6 heteroatoms. The highest BCUT2D eigenvalue weighted by Gasteiger charge is 2.47. The number of aryl methyl sites for hydroxylation is 2. The number of benzene rings is 7. The molecule has 0 spiro atoms.